The molecule has 6 nitrogen and oxygen atoms in total. The number of hydrogen-bond acceptors (Lipinski definition) is 4. The minimum atomic E-state index is -4.72. The fourth-order valence-corrected chi connectivity index (χ4v) is 4.09. The molecule has 0 heterocycles. The van der Waals surface area contributed by atoms with Crippen LogP contribution in [0.2, 0.25) is 0 Å². The number of nitrogens with one attached hydrogen (secondary N) is 1. The highest BCUT2D eigenvalue weighted by Gasteiger charge is 2.36. The van der Waals surface area contributed by atoms with Gasteiger partial charge in [0.1, 0.15) is 12.4 Å². The lowest BCUT2D eigenvalue weighted by Crippen LogP contribution is -2.31. The maximum atomic E-state index is 13.4. The zero-order chi connectivity index (χ0) is 24.8. The normalized spacial score (nSPS) is 11.6. The van der Waals surface area contributed by atoms with Crippen LogP contribution in [0.4, 0.5) is 18.9 Å². The molecule has 1 amide bonds. The van der Waals surface area contributed by atoms with Gasteiger partial charge in [-0.1, -0.05) is 42.5 Å². The molecule has 1 N–H and O–H groups in total. The third-order valence-electron chi connectivity index (χ3n) is 4.82. The van der Waals surface area contributed by atoms with Gasteiger partial charge in [0, 0.05) is 5.56 Å². The van der Waals surface area contributed by atoms with E-state index in [-0.39, 0.29) is 25.6 Å². The maximum absolute atomic E-state index is 13.4. The second kappa shape index (κ2) is 10.6. The van der Waals surface area contributed by atoms with Crippen LogP contribution in [0.25, 0.3) is 0 Å². The summed E-state index contributed by atoms with van der Waals surface area (Å²) in [5.74, 6) is 0.328. The van der Waals surface area contributed by atoms with Gasteiger partial charge in [-0.15, -0.1) is 0 Å². The summed E-state index contributed by atoms with van der Waals surface area (Å²) in [4.78, 5) is 12.3. The third kappa shape index (κ3) is 6.74. The van der Waals surface area contributed by atoms with E-state index in [1.165, 1.54) is 36.4 Å². The predicted molar refractivity (Wildman–Crippen MR) is 123 cm³/mol. The van der Waals surface area contributed by atoms with E-state index in [0.29, 0.717) is 21.2 Å². The molecule has 0 aliphatic rings. The molecule has 3 aromatic rings. The Hall–Kier alpha value is -3.53. The fourth-order valence-electron chi connectivity index (χ4n) is 3.19. The van der Waals surface area contributed by atoms with Crippen molar-refractivity contribution in [2.75, 3.05) is 23.7 Å². The molecule has 0 spiro atoms. The maximum Gasteiger partial charge on any atom is 0.418 e. The molecule has 0 atom stereocenters. The van der Waals surface area contributed by atoms with Gasteiger partial charge in [-0.05, 0) is 42.0 Å². The topological polar surface area (TPSA) is 75.7 Å². The molecule has 0 radical (unpaired) electrons. The quantitative estimate of drug-likeness (QED) is 0.447. The summed E-state index contributed by atoms with van der Waals surface area (Å²) < 4.78 is 71.1. The monoisotopic (exact) mass is 492 g/mol. The number of alkyl halides is 3. The largest absolute Gasteiger partial charge is 0.492 e. The summed E-state index contributed by atoms with van der Waals surface area (Å²) in [7, 11) is -4.02. The van der Waals surface area contributed by atoms with Gasteiger partial charge in [-0.3, -0.25) is 9.10 Å². The molecular formula is C24H23F3N2O4S. The first kappa shape index (κ1) is 25.1. The number of benzene rings is 3. The van der Waals surface area contributed by atoms with Crippen molar-refractivity contribution in [3.63, 3.8) is 0 Å². The average molecular weight is 493 g/mol. The minimum absolute atomic E-state index is 0.269. The number of amides is 1. The number of halogens is 3. The van der Waals surface area contributed by atoms with Gasteiger partial charge >= 0.3 is 6.18 Å². The van der Waals surface area contributed by atoms with Gasteiger partial charge in [0.2, 0.25) is 10.0 Å². The summed E-state index contributed by atoms with van der Waals surface area (Å²) >= 11 is 0. The molecule has 3 rings (SSSR count). The van der Waals surface area contributed by atoms with Crippen molar-refractivity contribution in [3.05, 3.63) is 95.6 Å². The number of rotatable bonds is 9. The molecule has 0 aromatic heterocycles. The van der Waals surface area contributed by atoms with Gasteiger partial charge in [0.15, 0.2) is 0 Å². The number of sulfonamides is 1. The van der Waals surface area contributed by atoms with E-state index in [9.17, 15) is 26.4 Å². The van der Waals surface area contributed by atoms with Crippen molar-refractivity contribution in [2.24, 2.45) is 0 Å². The number of hydrogen-bond donors (Lipinski definition) is 1. The van der Waals surface area contributed by atoms with Crippen LogP contribution < -0.4 is 14.4 Å². The van der Waals surface area contributed by atoms with Crippen molar-refractivity contribution in [1.29, 1.82) is 0 Å². The zero-order valence-electron chi connectivity index (χ0n) is 18.2. The highest BCUT2D eigenvalue weighted by atomic mass is 32.2. The van der Waals surface area contributed by atoms with Crippen molar-refractivity contribution in [2.45, 2.75) is 12.7 Å². The van der Waals surface area contributed by atoms with Crippen LogP contribution in [0.1, 0.15) is 21.5 Å². The minimum Gasteiger partial charge on any atom is -0.492 e. The summed E-state index contributed by atoms with van der Waals surface area (Å²) in [6.45, 7) is 0.222. The molecular weight excluding hydrogens is 469 g/mol. The summed E-state index contributed by atoms with van der Waals surface area (Å²) in [6, 6.07) is 19.6. The molecule has 0 saturated heterocycles. The Morgan fingerprint density at radius 3 is 2.18 bits per heavy atom. The van der Waals surface area contributed by atoms with Gasteiger partial charge in [-0.25, -0.2) is 8.42 Å². The molecule has 3 aromatic carbocycles. The summed E-state index contributed by atoms with van der Waals surface area (Å²) in [6.07, 6.45) is -3.87. The van der Waals surface area contributed by atoms with Crippen LogP contribution in [0, 0.1) is 0 Å². The molecule has 180 valence electrons. The average Bonchev–Trinajstić information content (AvgIpc) is 2.80. The predicted octanol–water partition coefficient (Wildman–Crippen LogP) is 4.48. The van der Waals surface area contributed by atoms with Gasteiger partial charge in [0.05, 0.1) is 30.6 Å². The van der Waals surface area contributed by atoms with Crippen LogP contribution in [-0.2, 0) is 22.7 Å². The van der Waals surface area contributed by atoms with Crippen molar-refractivity contribution >= 4 is 21.6 Å². The van der Waals surface area contributed by atoms with E-state index in [4.69, 9.17) is 4.74 Å². The standard InChI is InChI=1S/C24H23F3N2O4S/c1-34(31,32)29(22-10-6-5-9-21(22)24(25,26)27)17-18-11-13-19(14-12-18)23(30)28-15-16-33-20-7-3-2-4-8-20/h2-14H,15-17H2,1H3,(H,28,30). The van der Waals surface area contributed by atoms with E-state index in [1.807, 2.05) is 18.2 Å². The number of ether oxygens (including phenoxy) is 1. The van der Waals surface area contributed by atoms with E-state index in [0.717, 1.165) is 18.4 Å². The molecule has 0 aliphatic heterocycles. The fraction of sp³-hybridized carbons (Fsp3) is 0.208. The molecule has 0 saturated carbocycles. The zero-order valence-corrected chi connectivity index (χ0v) is 19.1. The Balaban J connectivity index is 1.67. The molecule has 0 unspecified atom stereocenters. The molecule has 0 bridgehead atoms. The highest BCUT2D eigenvalue weighted by molar-refractivity contribution is 7.92. The lowest BCUT2D eigenvalue weighted by atomic mass is 10.1. The first-order valence-electron chi connectivity index (χ1n) is 10.2. The second-order valence-corrected chi connectivity index (χ2v) is 9.31. The van der Waals surface area contributed by atoms with Crippen LogP contribution >= 0.6 is 0 Å². The Kier molecular flexibility index (Phi) is 7.83. The summed E-state index contributed by atoms with van der Waals surface area (Å²) in [5.41, 5.74) is -0.761. The number of nitrogens with zero attached hydrogens (tertiary/aromatic N) is 1. The van der Waals surface area contributed by atoms with E-state index in [2.05, 4.69) is 5.32 Å². The summed E-state index contributed by atoms with van der Waals surface area (Å²) in [5, 5.41) is 2.71. The second-order valence-electron chi connectivity index (χ2n) is 7.40. The number of carbonyl (C=O) groups is 1. The number of para-hydroxylation sites is 2. The third-order valence-corrected chi connectivity index (χ3v) is 5.95. The van der Waals surface area contributed by atoms with Crippen molar-refractivity contribution in [3.8, 4) is 5.75 Å². The van der Waals surface area contributed by atoms with Crippen LogP contribution in [0.5, 0.6) is 5.75 Å². The number of anilines is 1. The smallest absolute Gasteiger partial charge is 0.418 e. The van der Waals surface area contributed by atoms with E-state index < -0.39 is 27.5 Å². The Bertz CT molecular complexity index is 1210. The lowest BCUT2D eigenvalue weighted by molar-refractivity contribution is -0.137. The van der Waals surface area contributed by atoms with Crippen LogP contribution in [-0.4, -0.2) is 33.7 Å². The molecule has 0 aliphatic carbocycles. The van der Waals surface area contributed by atoms with Crippen molar-refractivity contribution < 1.29 is 31.1 Å². The highest BCUT2D eigenvalue weighted by Crippen LogP contribution is 2.37. The molecule has 0 fully saturated rings. The van der Waals surface area contributed by atoms with Crippen LogP contribution in [0.15, 0.2) is 78.9 Å². The Labute approximate surface area is 196 Å². The number of carbonyl (C=O) groups excluding carboxylic acids is 1. The van der Waals surface area contributed by atoms with Gasteiger partial charge < -0.3 is 10.1 Å². The lowest BCUT2D eigenvalue weighted by Gasteiger charge is -2.25. The van der Waals surface area contributed by atoms with Crippen LogP contribution in [0.3, 0.4) is 0 Å². The molecule has 34 heavy (non-hydrogen) atoms. The van der Waals surface area contributed by atoms with Gasteiger partial charge in [-0.2, -0.15) is 13.2 Å². The van der Waals surface area contributed by atoms with Crippen molar-refractivity contribution in [1.82, 2.24) is 5.32 Å². The Morgan fingerprint density at radius 1 is 0.941 bits per heavy atom. The Morgan fingerprint density at radius 2 is 1.56 bits per heavy atom. The van der Waals surface area contributed by atoms with E-state index >= 15 is 0 Å². The van der Waals surface area contributed by atoms with Gasteiger partial charge in [0.25, 0.3) is 5.91 Å². The molecule has 10 heteroatoms. The SMILES string of the molecule is CS(=O)(=O)N(Cc1ccc(C(=O)NCCOc2ccccc2)cc1)c1ccccc1C(F)(F)F. The van der Waals surface area contributed by atoms with E-state index in [1.54, 1.807) is 12.1 Å². The first-order valence-corrected chi connectivity index (χ1v) is 12.1. The first-order chi connectivity index (χ1) is 16.1.